The highest BCUT2D eigenvalue weighted by Crippen LogP contribution is 2.28. The Balaban J connectivity index is 2.29. The van der Waals surface area contributed by atoms with Crippen LogP contribution in [0.15, 0.2) is 23.7 Å². The van der Waals surface area contributed by atoms with Crippen LogP contribution in [0, 0.1) is 6.92 Å². The maximum Gasteiger partial charge on any atom is 0.356 e. The number of aromatic carboxylic acids is 1. The molecular weight excluding hydrogens is 288 g/mol. The van der Waals surface area contributed by atoms with E-state index in [1.807, 2.05) is 0 Å². The number of nitrogens with zero attached hydrogens (tertiary/aromatic N) is 1. The van der Waals surface area contributed by atoms with Crippen molar-refractivity contribution in [2.75, 3.05) is 5.32 Å². The number of thiophene rings is 1. The van der Waals surface area contributed by atoms with Gasteiger partial charge in [-0.1, -0.05) is 11.6 Å². The molecule has 0 saturated heterocycles. The Kier molecular flexibility index (Phi) is 3.82. The number of nitrogens with one attached hydrogen (secondary N) is 1. The first-order valence-electron chi connectivity index (χ1n) is 5.24. The summed E-state index contributed by atoms with van der Waals surface area (Å²) in [5.74, 6) is -1.65. The van der Waals surface area contributed by atoms with Crippen LogP contribution in [0.1, 0.15) is 25.7 Å². The number of rotatable bonds is 3. The van der Waals surface area contributed by atoms with Gasteiger partial charge in [-0.3, -0.25) is 4.79 Å². The minimum atomic E-state index is -1.20. The summed E-state index contributed by atoms with van der Waals surface area (Å²) in [6, 6.07) is 3.02. The van der Waals surface area contributed by atoms with E-state index in [0.29, 0.717) is 9.90 Å². The lowest BCUT2D eigenvalue weighted by Crippen LogP contribution is -2.15. The van der Waals surface area contributed by atoms with Crippen molar-refractivity contribution < 1.29 is 14.7 Å². The fraction of sp³-hybridized carbons (Fsp3) is 0.0833. The molecule has 2 N–H and O–H groups in total. The quantitative estimate of drug-likeness (QED) is 0.912. The molecule has 0 bridgehead atoms. The number of aryl methyl sites for hydroxylation is 1. The summed E-state index contributed by atoms with van der Waals surface area (Å²) in [4.78, 5) is 27.0. The van der Waals surface area contributed by atoms with Gasteiger partial charge in [-0.15, -0.1) is 11.3 Å². The lowest BCUT2D eigenvalue weighted by atomic mass is 10.2. The van der Waals surface area contributed by atoms with E-state index in [9.17, 15) is 9.59 Å². The number of halogens is 1. The summed E-state index contributed by atoms with van der Waals surface area (Å²) in [7, 11) is 0. The van der Waals surface area contributed by atoms with Gasteiger partial charge in [0.2, 0.25) is 0 Å². The molecule has 0 aliphatic rings. The summed E-state index contributed by atoms with van der Waals surface area (Å²) < 4.78 is 0. The molecule has 0 aliphatic heterocycles. The van der Waals surface area contributed by atoms with Crippen molar-refractivity contribution in [3.63, 3.8) is 0 Å². The monoisotopic (exact) mass is 296 g/mol. The van der Waals surface area contributed by atoms with Crippen LogP contribution in [0.2, 0.25) is 5.02 Å². The van der Waals surface area contributed by atoms with Gasteiger partial charge in [0.1, 0.15) is 4.88 Å². The topological polar surface area (TPSA) is 79.3 Å². The predicted molar refractivity (Wildman–Crippen MR) is 73.2 cm³/mol. The molecule has 0 aromatic carbocycles. The van der Waals surface area contributed by atoms with E-state index >= 15 is 0 Å². The molecule has 7 heteroatoms. The minimum absolute atomic E-state index is 0.141. The molecule has 2 heterocycles. The summed E-state index contributed by atoms with van der Waals surface area (Å²) in [6.45, 7) is 1.79. The van der Waals surface area contributed by atoms with Crippen LogP contribution in [0.5, 0.6) is 0 Å². The number of carbonyl (C=O) groups is 2. The van der Waals surface area contributed by atoms with Crippen molar-refractivity contribution in [3.8, 4) is 0 Å². The van der Waals surface area contributed by atoms with E-state index in [0.717, 1.165) is 5.56 Å². The van der Waals surface area contributed by atoms with Crippen LogP contribution < -0.4 is 5.32 Å². The molecule has 0 saturated carbocycles. The molecule has 5 nitrogen and oxygen atoms in total. The predicted octanol–water partition coefficient (Wildman–Crippen LogP) is 3.06. The number of carboxylic acid groups (broad SMARTS) is 1. The van der Waals surface area contributed by atoms with Crippen molar-refractivity contribution in [2.24, 2.45) is 0 Å². The number of amides is 1. The first-order chi connectivity index (χ1) is 9.00. The van der Waals surface area contributed by atoms with E-state index in [-0.39, 0.29) is 11.4 Å². The first-order valence-corrected chi connectivity index (χ1v) is 6.49. The van der Waals surface area contributed by atoms with Gasteiger partial charge in [0, 0.05) is 6.20 Å². The van der Waals surface area contributed by atoms with E-state index in [4.69, 9.17) is 16.7 Å². The summed E-state index contributed by atoms with van der Waals surface area (Å²) >= 11 is 7.20. The average Bonchev–Trinajstić information content (AvgIpc) is 2.70. The van der Waals surface area contributed by atoms with E-state index in [2.05, 4.69) is 10.3 Å². The molecule has 1 amide bonds. The lowest BCUT2D eigenvalue weighted by molar-refractivity contribution is 0.0692. The molecule has 0 spiro atoms. The molecular formula is C12H9ClN2O3S. The fourth-order valence-corrected chi connectivity index (χ4v) is 2.61. The van der Waals surface area contributed by atoms with Crippen LogP contribution in [0.25, 0.3) is 0 Å². The molecule has 0 fully saturated rings. The second-order valence-corrected chi connectivity index (χ2v) is 4.98. The van der Waals surface area contributed by atoms with Gasteiger partial charge in [0.25, 0.3) is 5.91 Å². The van der Waals surface area contributed by atoms with Gasteiger partial charge in [-0.05, 0) is 30.0 Å². The van der Waals surface area contributed by atoms with Crippen molar-refractivity contribution in [1.82, 2.24) is 4.98 Å². The second-order valence-electron chi connectivity index (χ2n) is 3.72. The highest BCUT2D eigenvalue weighted by atomic mass is 35.5. The Morgan fingerprint density at radius 1 is 1.47 bits per heavy atom. The normalized spacial score (nSPS) is 10.2. The van der Waals surface area contributed by atoms with Gasteiger partial charge >= 0.3 is 5.97 Å². The van der Waals surface area contributed by atoms with Crippen LogP contribution in [0.4, 0.5) is 5.69 Å². The van der Waals surface area contributed by atoms with Crippen LogP contribution in [0.3, 0.4) is 0 Å². The Morgan fingerprint density at radius 2 is 2.21 bits per heavy atom. The summed E-state index contributed by atoms with van der Waals surface area (Å²) in [5, 5.41) is 13.6. The molecule has 0 aliphatic carbocycles. The van der Waals surface area contributed by atoms with Crippen LogP contribution >= 0.6 is 22.9 Å². The average molecular weight is 297 g/mol. The largest absolute Gasteiger partial charge is 0.476 e. The molecule has 0 unspecified atom stereocenters. The molecule has 2 aromatic heterocycles. The Labute approximate surface area is 117 Å². The first kappa shape index (κ1) is 13.5. The number of carboxylic acids is 1. The maximum atomic E-state index is 12.0. The van der Waals surface area contributed by atoms with E-state index < -0.39 is 11.9 Å². The lowest BCUT2D eigenvalue weighted by Gasteiger charge is -2.06. The van der Waals surface area contributed by atoms with Crippen molar-refractivity contribution in [1.29, 1.82) is 0 Å². The number of aromatic nitrogens is 1. The minimum Gasteiger partial charge on any atom is -0.476 e. The van der Waals surface area contributed by atoms with Crippen LogP contribution in [-0.4, -0.2) is 22.0 Å². The van der Waals surface area contributed by atoms with E-state index in [1.54, 1.807) is 18.4 Å². The van der Waals surface area contributed by atoms with Crippen molar-refractivity contribution >= 4 is 40.5 Å². The van der Waals surface area contributed by atoms with E-state index in [1.165, 1.54) is 23.6 Å². The second kappa shape index (κ2) is 5.38. The summed E-state index contributed by atoms with van der Waals surface area (Å²) in [5.41, 5.74) is 0.740. The number of carbonyl (C=O) groups excluding carboxylic acids is 1. The third kappa shape index (κ3) is 2.74. The van der Waals surface area contributed by atoms with Crippen molar-refractivity contribution in [2.45, 2.75) is 6.92 Å². The highest BCUT2D eigenvalue weighted by molar-refractivity contribution is 7.13. The molecule has 2 aromatic rings. The number of hydrogen-bond donors (Lipinski definition) is 2. The zero-order valence-corrected chi connectivity index (χ0v) is 11.4. The number of hydrogen-bond acceptors (Lipinski definition) is 4. The molecule has 19 heavy (non-hydrogen) atoms. The van der Waals surface area contributed by atoms with Gasteiger partial charge in [-0.2, -0.15) is 0 Å². The van der Waals surface area contributed by atoms with Gasteiger partial charge in [-0.25, -0.2) is 9.78 Å². The third-order valence-electron chi connectivity index (χ3n) is 2.36. The number of pyridine rings is 1. The zero-order chi connectivity index (χ0) is 14.0. The maximum absolute atomic E-state index is 12.0. The Hall–Kier alpha value is -1.92. The van der Waals surface area contributed by atoms with Gasteiger partial charge in [0.15, 0.2) is 5.69 Å². The Bertz CT molecular complexity index is 654. The third-order valence-corrected chi connectivity index (χ3v) is 4.06. The molecule has 0 radical (unpaired) electrons. The standard InChI is InChI=1S/C12H9ClN2O3S/c1-6-5-19-10(8(6)13)11(16)15-7-3-2-4-14-9(7)12(17)18/h2-5H,1H3,(H,15,16)(H,17,18). The van der Waals surface area contributed by atoms with Gasteiger partial charge < -0.3 is 10.4 Å². The molecule has 98 valence electrons. The Morgan fingerprint density at radius 3 is 2.79 bits per heavy atom. The molecule has 0 atom stereocenters. The fourth-order valence-electron chi connectivity index (χ4n) is 1.44. The smallest absolute Gasteiger partial charge is 0.356 e. The van der Waals surface area contributed by atoms with Crippen molar-refractivity contribution in [3.05, 3.63) is 44.9 Å². The van der Waals surface area contributed by atoms with Crippen LogP contribution in [-0.2, 0) is 0 Å². The summed E-state index contributed by atoms with van der Waals surface area (Å²) in [6.07, 6.45) is 1.35. The molecule has 2 rings (SSSR count). The zero-order valence-electron chi connectivity index (χ0n) is 9.81. The number of anilines is 1. The SMILES string of the molecule is Cc1csc(C(=O)Nc2cccnc2C(=O)O)c1Cl. The highest BCUT2D eigenvalue weighted by Gasteiger charge is 2.18. The van der Waals surface area contributed by atoms with Gasteiger partial charge in [0.05, 0.1) is 10.7 Å².